The van der Waals surface area contributed by atoms with Gasteiger partial charge in [0.25, 0.3) is 0 Å². The Balaban J connectivity index is 1.46. The van der Waals surface area contributed by atoms with Crippen molar-refractivity contribution in [2.45, 2.75) is 36.9 Å². The Bertz CT molecular complexity index is 1590. The molecule has 3 N–H and O–H groups in total. The molecule has 1 aromatic carbocycles. The van der Waals surface area contributed by atoms with E-state index in [-0.39, 0.29) is 34.3 Å². The average Bonchev–Trinajstić information content (AvgIpc) is 3.36. The Morgan fingerprint density at radius 1 is 1.20 bits per heavy atom. The van der Waals surface area contributed by atoms with Gasteiger partial charge in [-0.25, -0.2) is 4.98 Å². The molecule has 1 atom stereocenters. The summed E-state index contributed by atoms with van der Waals surface area (Å²) < 4.78 is 0.531. The number of Topliss-reactive ketones (excluding diaryl/α,β-unsaturated/α-hetero) is 1. The third kappa shape index (κ3) is 5.71. The van der Waals surface area contributed by atoms with Crippen LogP contribution in [0.3, 0.4) is 0 Å². The number of carbonyl (C=O) groups excluding carboxylic acids is 2. The molecule has 0 radical (unpaired) electrons. The van der Waals surface area contributed by atoms with E-state index >= 15 is 0 Å². The van der Waals surface area contributed by atoms with Crippen molar-refractivity contribution < 1.29 is 9.59 Å². The molecule has 1 aliphatic carbocycles. The molecule has 0 saturated heterocycles. The Labute approximate surface area is 249 Å². The second kappa shape index (κ2) is 11.2. The highest BCUT2D eigenvalue weighted by Gasteiger charge is 2.45. The van der Waals surface area contributed by atoms with Gasteiger partial charge in [0.15, 0.2) is 10.1 Å². The van der Waals surface area contributed by atoms with E-state index in [4.69, 9.17) is 28.9 Å². The van der Waals surface area contributed by atoms with E-state index in [0.717, 1.165) is 5.56 Å². The SMILES string of the molecule is CC1(C)CC(=O)C2=C(C1)N(c1nnc(SCC(=O)Nc3ccc(Cl)cn3)s1)C(N)=C(C#N)C2c1ccc(Cl)cc1. The first-order chi connectivity index (χ1) is 19.1. The van der Waals surface area contributed by atoms with Gasteiger partial charge in [-0.1, -0.05) is 72.3 Å². The zero-order valence-electron chi connectivity index (χ0n) is 21.4. The van der Waals surface area contributed by atoms with Gasteiger partial charge in [0.1, 0.15) is 11.6 Å². The first kappa shape index (κ1) is 28.1. The molecule has 0 saturated carbocycles. The number of halogens is 2. The highest BCUT2D eigenvalue weighted by molar-refractivity contribution is 8.01. The number of carbonyl (C=O) groups is 2. The van der Waals surface area contributed by atoms with E-state index in [1.807, 2.05) is 26.0 Å². The monoisotopic (exact) mass is 611 g/mol. The van der Waals surface area contributed by atoms with E-state index in [9.17, 15) is 14.9 Å². The van der Waals surface area contributed by atoms with Gasteiger partial charge < -0.3 is 11.1 Å². The number of benzene rings is 1. The first-order valence-corrected chi connectivity index (χ1v) is 14.7. The third-order valence-electron chi connectivity index (χ3n) is 6.49. The number of hydrogen-bond donors (Lipinski definition) is 2. The number of aromatic nitrogens is 3. The molecule has 1 aliphatic heterocycles. The quantitative estimate of drug-likeness (QED) is 0.325. The summed E-state index contributed by atoms with van der Waals surface area (Å²) in [5.41, 5.74) is 8.60. The maximum atomic E-state index is 13.6. The predicted molar refractivity (Wildman–Crippen MR) is 157 cm³/mol. The van der Waals surface area contributed by atoms with Crippen molar-refractivity contribution in [3.05, 3.63) is 80.9 Å². The van der Waals surface area contributed by atoms with Crippen molar-refractivity contribution in [3.8, 4) is 6.07 Å². The Morgan fingerprint density at radius 3 is 2.60 bits per heavy atom. The summed E-state index contributed by atoms with van der Waals surface area (Å²) in [7, 11) is 0. The van der Waals surface area contributed by atoms with Gasteiger partial charge in [-0.05, 0) is 41.7 Å². The number of hydrogen-bond acceptors (Lipinski definition) is 10. The van der Waals surface area contributed by atoms with Crippen LogP contribution in [0.15, 0.2) is 69.6 Å². The lowest BCUT2D eigenvalue weighted by Gasteiger charge is -2.42. The Morgan fingerprint density at radius 2 is 1.93 bits per heavy atom. The fourth-order valence-corrected chi connectivity index (χ4v) is 6.74. The van der Waals surface area contributed by atoms with Gasteiger partial charge in [0.2, 0.25) is 11.0 Å². The summed E-state index contributed by atoms with van der Waals surface area (Å²) in [5.74, 6) is -0.247. The maximum Gasteiger partial charge on any atom is 0.235 e. The standard InChI is InChI=1S/C27H23Cl2N7O2S2/c1-27(2)9-18-23(19(37)10-27)22(14-3-5-15(28)6-4-14)17(11-30)24(31)36(18)25-34-35-26(40-25)39-13-21(38)33-20-8-7-16(29)12-32-20/h3-8,12,22H,9-10,13,31H2,1-2H3,(H,32,33,38). The maximum absolute atomic E-state index is 13.6. The van der Waals surface area contributed by atoms with Crippen LogP contribution in [0.1, 0.15) is 38.2 Å². The molecular weight excluding hydrogens is 589 g/mol. The summed E-state index contributed by atoms with van der Waals surface area (Å²) in [6.07, 6.45) is 2.35. The van der Waals surface area contributed by atoms with E-state index in [2.05, 4.69) is 26.6 Å². The van der Waals surface area contributed by atoms with E-state index in [1.54, 1.807) is 29.2 Å². The number of allylic oxidation sites excluding steroid dienone is 3. The number of nitrogens with zero attached hydrogens (tertiary/aromatic N) is 5. The average molecular weight is 613 g/mol. The number of amides is 1. The van der Waals surface area contributed by atoms with Crippen molar-refractivity contribution in [1.82, 2.24) is 15.2 Å². The van der Waals surface area contributed by atoms with Crippen molar-refractivity contribution in [3.63, 3.8) is 0 Å². The van der Waals surface area contributed by atoms with Crippen LogP contribution < -0.4 is 16.0 Å². The second-order valence-corrected chi connectivity index (χ2v) is 13.1. The van der Waals surface area contributed by atoms with Crippen LogP contribution in [0.2, 0.25) is 10.0 Å². The number of nitriles is 1. The van der Waals surface area contributed by atoms with Gasteiger partial charge in [0, 0.05) is 28.9 Å². The number of nitrogens with one attached hydrogen (secondary N) is 1. The number of pyridine rings is 1. The normalized spacial score (nSPS) is 18.4. The van der Waals surface area contributed by atoms with Gasteiger partial charge in [-0.15, -0.1) is 10.2 Å². The van der Waals surface area contributed by atoms with Gasteiger partial charge in [0.05, 0.1) is 28.3 Å². The molecule has 3 heterocycles. The smallest absolute Gasteiger partial charge is 0.235 e. The molecule has 0 spiro atoms. The highest BCUT2D eigenvalue weighted by Crippen LogP contribution is 2.50. The molecule has 9 nitrogen and oxygen atoms in total. The molecule has 3 aromatic rings. The third-order valence-corrected chi connectivity index (χ3v) is 9.01. The molecule has 0 bridgehead atoms. The lowest BCUT2D eigenvalue weighted by atomic mass is 9.69. The van der Waals surface area contributed by atoms with Gasteiger partial charge in [-0.3, -0.25) is 14.5 Å². The number of thioether (sulfide) groups is 1. The fraction of sp³-hybridized carbons (Fsp3) is 0.259. The Kier molecular flexibility index (Phi) is 7.88. The van der Waals surface area contributed by atoms with Crippen LogP contribution in [0, 0.1) is 16.7 Å². The Hall–Kier alpha value is -3.43. The van der Waals surface area contributed by atoms with E-state index in [0.29, 0.717) is 49.4 Å². The molecule has 40 heavy (non-hydrogen) atoms. The molecule has 204 valence electrons. The van der Waals surface area contributed by atoms with Gasteiger partial charge in [-0.2, -0.15) is 5.26 Å². The second-order valence-electron chi connectivity index (χ2n) is 10.1. The van der Waals surface area contributed by atoms with Crippen LogP contribution in [-0.2, 0) is 9.59 Å². The molecule has 5 rings (SSSR count). The van der Waals surface area contributed by atoms with Crippen LogP contribution in [0.25, 0.3) is 0 Å². The summed E-state index contributed by atoms with van der Waals surface area (Å²) in [5, 5.41) is 22.9. The minimum Gasteiger partial charge on any atom is -0.384 e. The summed E-state index contributed by atoms with van der Waals surface area (Å²) >= 11 is 14.4. The lowest BCUT2D eigenvalue weighted by molar-refractivity contribution is -0.118. The molecule has 1 amide bonds. The topological polar surface area (TPSA) is 138 Å². The summed E-state index contributed by atoms with van der Waals surface area (Å²) in [6, 6.07) is 12.6. The number of ketones is 1. The minimum absolute atomic E-state index is 0.0388. The highest BCUT2D eigenvalue weighted by atomic mass is 35.5. The van der Waals surface area contributed by atoms with Gasteiger partial charge >= 0.3 is 0 Å². The number of rotatable bonds is 6. The molecule has 13 heteroatoms. The summed E-state index contributed by atoms with van der Waals surface area (Å²) in [4.78, 5) is 31.8. The molecule has 2 aliphatic rings. The molecule has 0 fully saturated rings. The van der Waals surface area contributed by atoms with E-state index in [1.165, 1.54) is 29.3 Å². The number of nitrogens with two attached hydrogens (primary N) is 1. The molecule has 2 aromatic heterocycles. The van der Waals surface area contributed by atoms with Crippen molar-refractivity contribution in [2.24, 2.45) is 11.1 Å². The van der Waals surface area contributed by atoms with Crippen LogP contribution in [0.5, 0.6) is 0 Å². The zero-order valence-corrected chi connectivity index (χ0v) is 24.6. The van der Waals surface area contributed by atoms with E-state index < -0.39 is 5.92 Å². The zero-order chi connectivity index (χ0) is 28.6. The lowest BCUT2D eigenvalue weighted by Crippen LogP contribution is -2.42. The predicted octanol–water partition coefficient (Wildman–Crippen LogP) is 5.91. The fourth-order valence-electron chi connectivity index (χ4n) is 4.82. The minimum atomic E-state index is -0.607. The summed E-state index contributed by atoms with van der Waals surface area (Å²) in [6.45, 7) is 4.05. The van der Waals surface area contributed by atoms with Crippen LogP contribution in [-0.4, -0.2) is 32.6 Å². The van der Waals surface area contributed by atoms with Crippen LogP contribution in [0.4, 0.5) is 10.9 Å². The largest absolute Gasteiger partial charge is 0.384 e. The van der Waals surface area contributed by atoms with Crippen molar-refractivity contribution in [1.29, 1.82) is 5.26 Å². The van der Waals surface area contributed by atoms with Crippen LogP contribution >= 0.6 is 46.3 Å². The number of anilines is 2. The van der Waals surface area contributed by atoms with Crippen molar-refractivity contribution >= 4 is 68.9 Å². The molecule has 1 unspecified atom stereocenters. The molecular formula is C27H23Cl2N7O2S2. The first-order valence-electron chi connectivity index (χ1n) is 12.2. The van der Waals surface area contributed by atoms with Crippen molar-refractivity contribution in [2.75, 3.05) is 16.0 Å².